The molecule has 0 spiro atoms. The van der Waals surface area contributed by atoms with Gasteiger partial charge in [0.15, 0.2) is 6.17 Å². The summed E-state index contributed by atoms with van der Waals surface area (Å²) in [5.74, 6) is 4.97. The van der Waals surface area contributed by atoms with Crippen molar-refractivity contribution in [3.8, 4) is 0 Å². The maximum absolute atomic E-state index is 5.82. The Labute approximate surface area is 98.5 Å². The molecule has 0 saturated heterocycles. The van der Waals surface area contributed by atoms with Gasteiger partial charge < -0.3 is 11.2 Å². The van der Waals surface area contributed by atoms with E-state index in [9.17, 15) is 0 Å². The van der Waals surface area contributed by atoms with Crippen LogP contribution in [0.5, 0.6) is 0 Å². The summed E-state index contributed by atoms with van der Waals surface area (Å²) in [6.07, 6.45) is 5.56. The van der Waals surface area contributed by atoms with Gasteiger partial charge in [-0.3, -0.25) is 0 Å². The highest BCUT2D eigenvalue weighted by atomic mass is 35.5. The quantitative estimate of drug-likeness (QED) is 0.469. The molecule has 1 atom stereocenters. The molecule has 1 unspecified atom stereocenters. The lowest BCUT2D eigenvalue weighted by Gasteiger charge is -2.13. The van der Waals surface area contributed by atoms with E-state index in [1.54, 1.807) is 0 Å². The number of nitrogens with one attached hydrogen (secondary N) is 1. The number of rotatable bonds is 2. The topological polar surface area (TPSA) is 62.8 Å². The molecule has 82 valence electrons. The average molecular weight is 235 g/mol. The molecule has 0 radical (unpaired) electrons. The summed E-state index contributed by atoms with van der Waals surface area (Å²) in [5, 5.41) is 10.8. The van der Waals surface area contributed by atoms with Crippen molar-refractivity contribution in [1.29, 1.82) is 0 Å². The minimum Gasteiger partial charge on any atom is -0.365 e. The van der Waals surface area contributed by atoms with Crippen molar-refractivity contribution in [2.75, 3.05) is 0 Å². The second-order valence-electron chi connectivity index (χ2n) is 3.31. The van der Waals surface area contributed by atoms with Crippen LogP contribution in [-0.2, 0) is 0 Å². The molecular weight excluding hydrogens is 224 g/mol. The Balaban J connectivity index is 2.14. The summed E-state index contributed by atoms with van der Waals surface area (Å²) in [7, 11) is 0. The average Bonchev–Trinajstić information content (AvgIpc) is 2.32. The Morgan fingerprint density at radius 3 is 2.56 bits per heavy atom. The molecule has 0 aromatic heterocycles. The fraction of sp³-hybridized carbons (Fsp3) is 0.0909. The zero-order valence-corrected chi connectivity index (χ0v) is 9.22. The molecule has 1 heterocycles. The third kappa shape index (κ3) is 2.41. The van der Waals surface area contributed by atoms with Crippen molar-refractivity contribution < 1.29 is 0 Å². The molecule has 0 bridgehead atoms. The largest absolute Gasteiger partial charge is 0.365 e. The summed E-state index contributed by atoms with van der Waals surface area (Å²) < 4.78 is 0. The van der Waals surface area contributed by atoms with Crippen molar-refractivity contribution in [3.05, 3.63) is 53.2 Å². The molecule has 0 saturated carbocycles. The van der Waals surface area contributed by atoms with Crippen LogP contribution in [0.4, 0.5) is 0 Å². The van der Waals surface area contributed by atoms with Crippen LogP contribution in [-0.4, -0.2) is 6.17 Å². The van der Waals surface area contributed by atoms with Gasteiger partial charge in [0.05, 0.1) is 0 Å². The van der Waals surface area contributed by atoms with E-state index in [1.807, 2.05) is 42.6 Å². The fourth-order valence-corrected chi connectivity index (χ4v) is 1.57. The molecule has 16 heavy (non-hydrogen) atoms. The molecule has 0 fully saturated rings. The lowest BCUT2D eigenvalue weighted by atomic mass is 10.0. The van der Waals surface area contributed by atoms with Crippen LogP contribution in [0.3, 0.4) is 0 Å². The third-order valence-electron chi connectivity index (χ3n) is 2.24. The fourth-order valence-electron chi connectivity index (χ4n) is 1.44. The predicted molar refractivity (Wildman–Crippen MR) is 64.5 cm³/mol. The first-order valence-corrected chi connectivity index (χ1v) is 5.18. The number of nitrogens with zero attached hydrogens (tertiary/aromatic N) is 2. The molecule has 1 aromatic carbocycles. The summed E-state index contributed by atoms with van der Waals surface area (Å²) in [6.45, 7) is 0. The number of benzene rings is 1. The van der Waals surface area contributed by atoms with E-state index < -0.39 is 0 Å². The minimum absolute atomic E-state index is 0.180. The first-order valence-electron chi connectivity index (χ1n) is 4.80. The van der Waals surface area contributed by atoms with E-state index >= 15 is 0 Å². The third-order valence-corrected chi connectivity index (χ3v) is 2.49. The normalized spacial score (nSPS) is 19.6. The maximum atomic E-state index is 5.82. The molecule has 2 rings (SSSR count). The second-order valence-corrected chi connectivity index (χ2v) is 3.74. The Kier molecular flexibility index (Phi) is 3.22. The van der Waals surface area contributed by atoms with Crippen molar-refractivity contribution >= 4 is 17.2 Å². The van der Waals surface area contributed by atoms with Gasteiger partial charge in [0.2, 0.25) is 0 Å². The summed E-state index contributed by atoms with van der Waals surface area (Å²) in [4.78, 5) is 0. The molecule has 3 N–H and O–H groups in total. The zero-order valence-electron chi connectivity index (χ0n) is 8.47. The first kappa shape index (κ1) is 10.7. The van der Waals surface area contributed by atoms with Gasteiger partial charge in [0.1, 0.15) is 0 Å². The van der Waals surface area contributed by atoms with Gasteiger partial charge in [0.25, 0.3) is 0 Å². The van der Waals surface area contributed by atoms with E-state index in [0.717, 1.165) is 16.2 Å². The van der Waals surface area contributed by atoms with E-state index in [0.29, 0.717) is 0 Å². The van der Waals surface area contributed by atoms with Crippen LogP contribution in [0.25, 0.3) is 5.57 Å². The highest BCUT2D eigenvalue weighted by Crippen LogP contribution is 2.20. The standard InChI is InChI=1S/C11H11ClN4/c12-10-4-1-8(2-5-10)9-3-6-11(14-7-9)15-16-13/h1-7,11,14H,(H2,13,15). The van der Waals surface area contributed by atoms with E-state index in [2.05, 4.69) is 15.7 Å². The molecule has 4 nitrogen and oxygen atoms in total. The lowest BCUT2D eigenvalue weighted by Crippen LogP contribution is -2.22. The lowest BCUT2D eigenvalue weighted by molar-refractivity contribution is 0.678. The van der Waals surface area contributed by atoms with Gasteiger partial charge in [-0.25, -0.2) is 0 Å². The van der Waals surface area contributed by atoms with Gasteiger partial charge >= 0.3 is 0 Å². The first-order chi connectivity index (χ1) is 7.79. The van der Waals surface area contributed by atoms with E-state index in [4.69, 9.17) is 17.4 Å². The van der Waals surface area contributed by atoms with Crippen LogP contribution >= 0.6 is 11.6 Å². The Morgan fingerprint density at radius 1 is 1.25 bits per heavy atom. The number of hydrogen-bond acceptors (Lipinski definition) is 3. The van der Waals surface area contributed by atoms with Crippen molar-refractivity contribution in [3.63, 3.8) is 0 Å². The molecular formula is C11H11ClN4. The van der Waals surface area contributed by atoms with Crippen molar-refractivity contribution in [2.24, 2.45) is 16.2 Å². The van der Waals surface area contributed by atoms with E-state index in [-0.39, 0.29) is 6.17 Å². The van der Waals surface area contributed by atoms with Gasteiger partial charge in [-0.05, 0) is 29.3 Å². The highest BCUT2D eigenvalue weighted by Gasteiger charge is 2.07. The minimum atomic E-state index is -0.180. The summed E-state index contributed by atoms with van der Waals surface area (Å²) >= 11 is 5.82. The van der Waals surface area contributed by atoms with Crippen LogP contribution in [0.2, 0.25) is 5.02 Å². The van der Waals surface area contributed by atoms with Crippen molar-refractivity contribution in [1.82, 2.24) is 5.32 Å². The second kappa shape index (κ2) is 4.81. The Hall–Kier alpha value is -1.81. The number of hydrogen-bond donors (Lipinski definition) is 2. The van der Waals surface area contributed by atoms with Crippen LogP contribution in [0, 0.1) is 0 Å². The SMILES string of the molecule is NN=NC1C=CC(c2ccc(Cl)cc2)=CN1. The van der Waals surface area contributed by atoms with Gasteiger partial charge in [-0.15, -0.1) is 5.11 Å². The highest BCUT2D eigenvalue weighted by molar-refractivity contribution is 6.30. The van der Waals surface area contributed by atoms with Crippen LogP contribution in [0.15, 0.2) is 53.0 Å². The van der Waals surface area contributed by atoms with E-state index in [1.165, 1.54) is 0 Å². The summed E-state index contributed by atoms with van der Waals surface area (Å²) in [5.41, 5.74) is 2.16. The van der Waals surface area contributed by atoms with Crippen LogP contribution in [0.1, 0.15) is 5.56 Å². The predicted octanol–water partition coefficient (Wildman–Crippen LogP) is 2.49. The number of nitrogens with two attached hydrogens (primary N) is 1. The zero-order chi connectivity index (χ0) is 11.4. The number of dihydropyridines is 1. The monoisotopic (exact) mass is 234 g/mol. The summed E-state index contributed by atoms with van der Waals surface area (Å²) in [6, 6.07) is 7.64. The van der Waals surface area contributed by atoms with Crippen LogP contribution < -0.4 is 11.2 Å². The van der Waals surface area contributed by atoms with Gasteiger partial charge in [-0.2, -0.15) is 0 Å². The maximum Gasteiger partial charge on any atom is 0.160 e. The van der Waals surface area contributed by atoms with Crippen molar-refractivity contribution in [2.45, 2.75) is 6.17 Å². The Morgan fingerprint density at radius 2 is 2.00 bits per heavy atom. The number of allylic oxidation sites excluding steroid dienone is 2. The molecule has 0 amide bonds. The molecule has 1 aromatic rings. The smallest absolute Gasteiger partial charge is 0.160 e. The number of halogens is 1. The Bertz CT molecular complexity index is 448. The van der Waals surface area contributed by atoms with Gasteiger partial charge in [0, 0.05) is 11.2 Å². The molecule has 5 heteroatoms. The van der Waals surface area contributed by atoms with Gasteiger partial charge in [-0.1, -0.05) is 35.0 Å². The molecule has 1 aliphatic rings. The molecule has 0 aliphatic carbocycles. The molecule has 1 aliphatic heterocycles.